The quantitative estimate of drug-likeness (QED) is 0.583. The number of carboxylic acids is 1. The topological polar surface area (TPSA) is 90.0 Å². The van der Waals surface area contributed by atoms with Crippen LogP contribution in [0.1, 0.15) is 48.5 Å². The number of carbonyl (C=O) groups excluding carboxylic acids is 2. The van der Waals surface area contributed by atoms with Gasteiger partial charge in [-0.1, -0.05) is 37.5 Å². The van der Waals surface area contributed by atoms with Gasteiger partial charge >= 0.3 is 12.1 Å². The van der Waals surface area contributed by atoms with Gasteiger partial charge in [-0.3, -0.25) is 9.59 Å². The Labute approximate surface area is 186 Å². The van der Waals surface area contributed by atoms with Gasteiger partial charge in [-0.15, -0.1) is 0 Å². The summed E-state index contributed by atoms with van der Waals surface area (Å²) in [5.74, 6) is -2.57. The Kier molecular flexibility index (Phi) is 11.8. The summed E-state index contributed by atoms with van der Waals surface area (Å²) in [7, 11) is 0. The molecule has 0 aliphatic carbocycles. The number of carboxylic acid groups (broad SMARTS) is 1. The fourth-order valence-corrected chi connectivity index (χ4v) is 3.05. The highest BCUT2D eigenvalue weighted by molar-refractivity contribution is 5.94. The van der Waals surface area contributed by atoms with Gasteiger partial charge in [-0.2, -0.15) is 13.2 Å². The van der Waals surface area contributed by atoms with Crippen molar-refractivity contribution in [1.82, 2.24) is 15.1 Å². The van der Waals surface area contributed by atoms with E-state index in [1.165, 1.54) is 0 Å². The number of hydrogen-bond acceptors (Lipinski definition) is 4. The maximum Gasteiger partial charge on any atom is 0.490 e. The van der Waals surface area contributed by atoms with Crippen molar-refractivity contribution in [2.24, 2.45) is 0 Å². The maximum absolute atomic E-state index is 12.8. The molecule has 1 saturated heterocycles. The van der Waals surface area contributed by atoms with Crippen LogP contribution in [0.3, 0.4) is 0 Å². The largest absolute Gasteiger partial charge is 0.490 e. The van der Waals surface area contributed by atoms with Gasteiger partial charge in [0.25, 0.3) is 5.91 Å². The number of nitrogens with one attached hydrogen (secondary N) is 1. The van der Waals surface area contributed by atoms with Crippen molar-refractivity contribution in [1.29, 1.82) is 0 Å². The number of rotatable bonds is 8. The molecule has 2 rings (SSSR count). The van der Waals surface area contributed by atoms with Gasteiger partial charge in [0.05, 0.1) is 0 Å². The summed E-state index contributed by atoms with van der Waals surface area (Å²) >= 11 is 0. The van der Waals surface area contributed by atoms with Gasteiger partial charge in [0.2, 0.25) is 5.91 Å². The molecule has 0 unspecified atom stereocenters. The molecular formula is C22H32F3N3O4. The second-order valence-corrected chi connectivity index (χ2v) is 7.55. The lowest BCUT2D eigenvalue weighted by molar-refractivity contribution is -0.192. The van der Waals surface area contributed by atoms with E-state index in [0.29, 0.717) is 18.5 Å². The number of aliphatic carboxylic acids is 1. The lowest BCUT2D eigenvalue weighted by atomic mass is 10.1. The van der Waals surface area contributed by atoms with E-state index in [-0.39, 0.29) is 11.8 Å². The second kappa shape index (κ2) is 13.7. The highest BCUT2D eigenvalue weighted by Gasteiger charge is 2.38. The zero-order valence-electron chi connectivity index (χ0n) is 18.6. The Bertz CT molecular complexity index is 733. The first-order chi connectivity index (χ1) is 15.1. The van der Waals surface area contributed by atoms with E-state index in [0.717, 1.165) is 57.5 Å². The van der Waals surface area contributed by atoms with Crippen molar-refractivity contribution < 1.29 is 32.7 Å². The van der Waals surface area contributed by atoms with Gasteiger partial charge in [-0.05, 0) is 25.5 Å². The minimum Gasteiger partial charge on any atom is -0.475 e. The predicted molar refractivity (Wildman–Crippen MR) is 114 cm³/mol. The van der Waals surface area contributed by atoms with Gasteiger partial charge in [0.15, 0.2) is 0 Å². The van der Waals surface area contributed by atoms with Crippen LogP contribution in [0.5, 0.6) is 0 Å². The molecule has 1 heterocycles. The van der Waals surface area contributed by atoms with Crippen molar-refractivity contribution in [2.75, 3.05) is 39.3 Å². The summed E-state index contributed by atoms with van der Waals surface area (Å²) in [4.78, 5) is 37.9. The molecule has 10 heteroatoms. The smallest absolute Gasteiger partial charge is 0.475 e. The molecule has 0 bridgehead atoms. The van der Waals surface area contributed by atoms with Crippen molar-refractivity contribution in [2.45, 2.75) is 45.7 Å². The van der Waals surface area contributed by atoms with Crippen LogP contribution in [-0.4, -0.2) is 78.1 Å². The number of carbonyl (C=O) groups is 3. The number of unbranched alkanes of at least 4 members (excludes halogenated alkanes) is 2. The van der Waals surface area contributed by atoms with E-state index in [2.05, 4.69) is 12.2 Å². The van der Waals surface area contributed by atoms with Crippen LogP contribution in [0.15, 0.2) is 24.3 Å². The average molecular weight is 460 g/mol. The molecule has 7 nitrogen and oxygen atoms in total. The summed E-state index contributed by atoms with van der Waals surface area (Å²) in [6, 6.07) is 7.68. The SMILES string of the molecule is CCCCCN(CCC(=O)N1CCNCC1)C(=O)c1ccc(C)cc1.O=C(O)C(F)(F)F. The molecule has 2 N–H and O–H groups in total. The minimum atomic E-state index is -5.08. The summed E-state index contributed by atoms with van der Waals surface area (Å²) in [5, 5.41) is 10.4. The summed E-state index contributed by atoms with van der Waals surface area (Å²) in [5.41, 5.74) is 1.85. The van der Waals surface area contributed by atoms with Crippen LogP contribution in [0.2, 0.25) is 0 Å². The van der Waals surface area contributed by atoms with Gasteiger partial charge < -0.3 is 20.2 Å². The Morgan fingerprint density at radius 3 is 2.12 bits per heavy atom. The molecule has 0 radical (unpaired) electrons. The molecule has 0 atom stereocenters. The third kappa shape index (κ3) is 10.1. The van der Waals surface area contributed by atoms with Crippen molar-refractivity contribution in [3.63, 3.8) is 0 Å². The molecule has 0 aromatic heterocycles. The number of amides is 2. The first kappa shape index (κ1) is 27.4. The predicted octanol–water partition coefficient (Wildman–Crippen LogP) is 3.08. The van der Waals surface area contributed by atoms with Crippen LogP contribution in [-0.2, 0) is 9.59 Å². The number of hydrogen-bond donors (Lipinski definition) is 2. The van der Waals surface area contributed by atoms with Crippen molar-refractivity contribution in [3.8, 4) is 0 Å². The first-order valence-electron chi connectivity index (χ1n) is 10.7. The average Bonchev–Trinajstić information content (AvgIpc) is 2.76. The van der Waals surface area contributed by atoms with Crippen LogP contribution >= 0.6 is 0 Å². The van der Waals surface area contributed by atoms with Gasteiger partial charge in [0, 0.05) is 51.3 Å². The summed E-state index contributed by atoms with van der Waals surface area (Å²) in [6.07, 6.45) is -1.48. The van der Waals surface area contributed by atoms with Crippen LogP contribution in [0, 0.1) is 6.92 Å². The fourth-order valence-electron chi connectivity index (χ4n) is 3.05. The molecule has 1 aliphatic rings. The Hall–Kier alpha value is -2.62. The van der Waals surface area contributed by atoms with Gasteiger partial charge in [-0.25, -0.2) is 4.79 Å². The van der Waals surface area contributed by atoms with Crippen molar-refractivity contribution >= 4 is 17.8 Å². The minimum absolute atomic E-state index is 0.0317. The molecule has 1 aromatic carbocycles. The molecule has 2 amide bonds. The normalized spacial score (nSPS) is 13.7. The third-order valence-electron chi connectivity index (χ3n) is 4.93. The Balaban J connectivity index is 0.000000633. The van der Waals surface area contributed by atoms with Crippen LogP contribution in [0.25, 0.3) is 0 Å². The molecule has 180 valence electrons. The fraction of sp³-hybridized carbons (Fsp3) is 0.591. The Morgan fingerprint density at radius 1 is 1.06 bits per heavy atom. The van der Waals surface area contributed by atoms with E-state index in [1.54, 1.807) is 0 Å². The second-order valence-electron chi connectivity index (χ2n) is 7.55. The van der Waals surface area contributed by atoms with Gasteiger partial charge in [0.1, 0.15) is 0 Å². The number of benzene rings is 1. The van der Waals surface area contributed by atoms with Crippen molar-refractivity contribution in [3.05, 3.63) is 35.4 Å². The first-order valence-corrected chi connectivity index (χ1v) is 10.7. The third-order valence-corrected chi connectivity index (χ3v) is 4.93. The molecule has 1 aromatic rings. The van der Waals surface area contributed by atoms with Crippen LogP contribution in [0.4, 0.5) is 13.2 Å². The van der Waals surface area contributed by atoms with E-state index in [4.69, 9.17) is 9.90 Å². The number of halogens is 3. The van der Waals surface area contributed by atoms with E-state index in [9.17, 15) is 22.8 Å². The van der Waals surface area contributed by atoms with E-state index >= 15 is 0 Å². The summed E-state index contributed by atoms with van der Waals surface area (Å²) < 4.78 is 31.7. The number of nitrogens with zero attached hydrogens (tertiary/aromatic N) is 2. The molecule has 1 fully saturated rings. The molecular weight excluding hydrogens is 427 g/mol. The Morgan fingerprint density at radius 2 is 1.62 bits per heavy atom. The van der Waals surface area contributed by atoms with E-state index in [1.807, 2.05) is 41.0 Å². The molecule has 0 saturated carbocycles. The highest BCUT2D eigenvalue weighted by atomic mass is 19.4. The monoisotopic (exact) mass is 459 g/mol. The number of aryl methyl sites for hydroxylation is 1. The maximum atomic E-state index is 12.8. The molecule has 32 heavy (non-hydrogen) atoms. The zero-order chi connectivity index (χ0) is 24.1. The zero-order valence-corrected chi connectivity index (χ0v) is 18.6. The van der Waals surface area contributed by atoms with E-state index < -0.39 is 12.1 Å². The lowest BCUT2D eigenvalue weighted by Crippen LogP contribution is -2.47. The number of alkyl halides is 3. The highest BCUT2D eigenvalue weighted by Crippen LogP contribution is 2.13. The number of piperazine rings is 1. The lowest BCUT2D eigenvalue weighted by Gasteiger charge is -2.29. The summed E-state index contributed by atoms with van der Waals surface area (Å²) in [6.45, 7) is 8.62. The molecule has 0 spiro atoms. The van der Waals surface area contributed by atoms with Crippen LogP contribution < -0.4 is 5.32 Å². The molecule has 1 aliphatic heterocycles. The standard InChI is InChI=1S/C20H31N3O2.C2HF3O2/c1-3-4-5-13-23(20(25)18-8-6-17(2)7-9-18)14-10-19(24)22-15-11-21-12-16-22;3-2(4,5)1(6)7/h6-9,21H,3-5,10-16H2,1-2H3;(H,6,7).